The maximum atomic E-state index is 2.54. The van der Waals surface area contributed by atoms with E-state index < -0.39 is 0 Å². The molecule has 13 rings (SSSR count). The summed E-state index contributed by atoms with van der Waals surface area (Å²) in [6.45, 7) is 0. The molecule has 0 unspecified atom stereocenters. The zero-order valence-electron chi connectivity index (χ0n) is 33.3. The van der Waals surface area contributed by atoms with Crippen LogP contribution in [0.15, 0.2) is 212 Å². The quantitative estimate of drug-likeness (QED) is 0.156. The molecule has 0 bridgehead atoms. The number of aromatic nitrogens is 2. The van der Waals surface area contributed by atoms with Crippen LogP contribution in [0.2, 0.25) is 0 Å². The molecule has 0 N–H and O–H groups in total. The number of hydrogen-bond donors (Lipinski definition) is 0. The summed E-state index contributed by atoms with van der Waals surface area (Å²) < 4.78 is 10.3. The number of para-hydroxylation sites is 2. The molecule has 13 aromatic rings. The third-order valence-electron chi connectivity index (χ3n) is 12.2. The molecule has 0 fully saturated rings. The van der Waals surface area contributed by atoms with Crippen LogP contribution in [0, 0.1) is 0 Å². The molecule has 0 aliphatic heterocycles. The molecule has 6 heteroatoms. The molecule has 5 heterocycles. The lowest BCUT2D eigenvalue weighted by Gasteiger charge is -2.23. The third kappa shape index (κ3) is 5.54. The Balaban J connectivity index is 1.04. The average molecular weight is 846 g/mol. The number of fused-ring (bicyclic) bond motifs is 9. The third-order valence-corrected chi connectivity index (χ3v) is 15.7. The topological polar surface area (TPSA) is 13.1 Å². The Morgan fingerprint density at radius 2 is 0.952 bits per heavy atom. The van der Waals surface area contributed by atoms with Crippen molar-refractivity contribution in [1.82, 2.24) is 9.13 Å². The molecule has 0 aliphatic rings. The number of hydrogen-bond acceptors (Lipinski definition) is 4. The van der Waals surface area contributed by atoms with Crippen molar-refractivity contribution in [2.45, 2.75) is 0 Å². The van der Waals surface area contributed by atoms with Crippen molar-refractivity contribution in [3.63, 3.8) is 0 Å². The second-order valence-electron chi connectivity index (χ2n) is 15.8. The van der Waals surface area contributed by atoms with Gasteiger partial charge in [-0.15, -0.1) is 34.0 Å². The normalized spacial score (nSPS) is 11.9. The Bertz CT molecular complexity index is 3750. The fourth-order valence-corrected chi connectivity index (χ4v) is 13.0. The summed E-state index contributed by atoms with van der Waals surface area (Å²) in [5.74, 6) is 0. The summed E-state index contributed by atoms with van der Waals surface area (Å²) in [7, 11) is 0. The first-order valence-electron chi connectivity index (χ1n) is 20.8. The molecular weight excluding hydrogens is 811 g/mol. The zero-order chi connectivity index (χ0) is 40.7. The minimum atomic E-state index is 1.14. The molecule has 0 saturated carbocycles. The number of anilines is 3. The lowest BCUT2D eigenvalue weighted by Crippen LogP contribution is -2.07. The second kappa shape index (κ2) is 14.2. The van der Waals surface area contributed by atoms with Gasteiger partial charge >= 0.3 is 0 Å². The fourth-order valence-electron chi connectivity index (χ4n) is 9.37. The Kier molecular flexibility index (Phi) is 8.13. The van der Waals surface area contributed by atoms with Crippen LogP contribution in [0.5, 0.6) is 0 Å². The van der Waals surface area contributed by atoms with Crippen molar-refractivity contribution in [3.8, 4) is 33.6 Å². The first-order valence-corrected chi connectivity index (χ1v) is 23.3. The monoisotopic (exact) mass is 845 g/mol. The van der Waals surface area contributed by atoms with Gasteiger partial charge in [0.05, 0.1) is 40.9 Å². The number of nitrogens with zero attached hydrogens (tertiary/aromatic N) is 3. The summed E-state index contributed by atoms with van der Waals surface area (Å²) >= 11 is 5.65. The van der Waals surface area contributed by atoms with E-state index >= 15 is 0 Å². The Morgan fingerprint density at radius 3 is 1.68 bits per heavy atom. The highest BCUT2D eigenvalue weighted by Crippen LogP contribution is 2.52. The highest BCUT2D eigenvalue weighted by atomic mass is 32.1. The number of benzene rings is 8. The Hall–Kier alpha value is -7.22. The van der Waals surface area contributed by atoms with Crippen molar-refractivity contribution < 1.29 is 0 Å². The zero-order valence-corrected chi connectivity index (χ0v) is 35.7. The minimum Gasteiger partial charge on any atom is -0.306 e. The van der Waals surface area contributed by atoms with Gasteiger partial charge in [0.25, 0.3) is 0 Å². The number of thiophene rings is 3. The van der Waals surface area contributed by atoms with Gasteiger partial charge in [0.15, 0.2) is 0 Å². The summed E-state index contributed by atoms with van der Waals surface area (Å²) in [6.07, 6.45) is 0. The summed E-state index contributed by atoms with van der Waals surface area (Å²) in [4.78, 5) is 2.40. The average Bonchev–Trinajstić information content (AvgIpc) is 4.16. The van der Waals surface area contributed by atoms with Crippen LogP contribution in [0.25, 0.3) is 96.0 Å². The second-order valence-corrected chi connectivity index (χ2v) is 18.7. The predicted octanol–water partition coefficient (Wildman–Crippen LogP) is 17.2. The number of rotatable bonds is 7. The van der Waals surface area contributed by atoms with E-state index in [1.165, 1.54) is 89.7 Å². The summed E-state index contributed by atoms with van der Waals surface area (Å²) in [5.41, 5.74) is 14.5. The largest absolute Gasteiger partial charge is 0.306 e. The molecule has 0 amide bonds. The van der Waals surface area contributed by atoms with Gasteiger partial charge < -0.3 is 14.0 Å². The van der Waals surface area contributed by atoms with Crippen molar-refractivity contribution >= 4 is 113 Å². The molecule has 5 aromatic heterocycles. The molecule has 8 aromatic carbocycles. The maximum absolute atomic E-state index is 2.54. The van der Waals surface area contributed by atoms with Crippen molar-refractivity contribution in [1.29, 1.82) is 0 Å². The van der Waals surface area contributed by atoms with Crippen LogP contribution in [0.3, 0.4) is 0 Å². The van der Waals surface area contributed by atoms with E-state index in [9.17, 15) is 0 Å². The molecule has 62 heavy (non-hydrogen) atoms. The minimum absolute atomic E-state index is 1.14. The molecule has 0 atom stereocenters. The Morgan fingerprint density at radius 1 is 0.371 bits per heavy atom. The van der Waals surface area contributed by atoms with E-state index in [2.05, 4.69) is 226 Å². The van der Waals surface area contributed by atoms with Crippen LogP contribution in [0.1, 0.15) is 0 Å². The first-order chi connectivity index (χ1) is 30.7. The van der Waals surface area contributed by atoms with E-state index in [0.29, 0.717) is 0 Å². The van der Waals surface area contributed by atoms with Crippen LogP contribution in [-0.4, -0.2) is 9.13 Å². The van der Waals surface area contributed by atoms with Gasteiger partial charge in [-0.2, -0.15) is 0 Å². The van der Waals surface area contributed by atoms with Crippen molar-refractivity contribution in [2.24, 2.45) is 0 Å². The van der Waals surface area contributed by atoms with Crippen LogP contribution in [-0.2, 0) is 0 Å². The van der Waals surface area contributed by atoms with E-state index in [4.69, 9.17) is 0 Å². The predicted molar refractivity (Wildman–Crippen MR) is 269 cm³/mol. The van der Waals surface area contributed by atoms with Crippen molar-refractivity contribution in [3.05, 3.63) is 212 Å². The van der Waals surface area contributed by atoms with E-state index in [0.717, 1.165) is 22.7 Å². The molecule has 0 aliphatic carbocycles. The molecule has 0 spiro atoms. The van der Waals surface area contributed by atoms with Gasteiger partial charge in [-0.3, -0.25) is 0 Å². The van der Waals surface area contributed by atoms with E-state index in [1.54, 1.807) is 0 Å². The molecule has 0 saturated heterocycles. The highest BCUT2D eigenvalue weighted by molar-refractivity contribution is 7.34. The summed E-state index contributed by atoms with van der Waals surface area (Å²) in [6, 6.07) is 75.2. The lowest BCUT2D eigenvalue weighted by molar-refractivity contribution is 1.15. The van der Waals surface area contributed by atoms with Crippen LogP contribution >= 0.6 is 34.0 Å². The SMILES string of the molecule is c1ccc(N(c2ccccc2)c2cc3c(s2)c2sc4c5sccc5n(-c5ccc(-c6ccc7ccccc7c6)cc5)c4c2n3-c2ccc(-c3cccc4ccccc34)cc2)cc1. The molecular formula is C56H35N3S3. The first kappa shape index (κ1) is 35.5. The van der Waals surface area contributed by atoms with Gasteiger partial charge in [-0.1, -0.05) is 140 Å². The van der Waals surface area contributed by atoms with E-state index in [1.807, 2.05) is 34.0 Å². The van der Waals surface area contributed by atoms with Crippen LogP contribution < -0.4 is 4.90 Å². The van der Waals surface area contributed by atoms with Gasteiger partial charge in [0.1, 0.15) is 5.00 Å². The fraction of sp³-hybridized carbons (Fsp3) is 0. The van der Waals surface area contributed by atoms with Gasteiger partial charge in [-0.05, 0) is 116 Å². The van der Waals surface area contributed by atoms with Gasteiger partial charge in [0, 0.05) is 22.7 Å². The Labute approximate surface area is 369 Å². The smallest absolute Gasteiger partial charge is 0.103 e. The highest BCUT2D eigenvalue weighted by Gasteiger charge is 2.28. The maximum Gasteiger partial charge on any atom is 0.103 e. The lowest BCUT2D eigenvalue weighted by atomic mass is 9.98. The van der Waals surface area contributed by atoms with Gasteiger partial charge in [0.2, 0.25) is 0 Å². The summed E-state index contributed by atoms with van der Waals surface area (Å²) in [5, 5.41) is 8.46. The van der Waals surface area contributed by atoms with Crippen molar-refractivity contribution in [2.75, 3.05) is 4.90 Å². The molecule has 292 valence electrons. The standard InChI is InChI=1S/C56H35N3S3/c1-3-16-42(17-4-1)57(43-18-5-2-6-19-43)50-35-49-54(61-50)56-52(59(49)45-30-26-39(27-31-45)47-21-11-15-38-13-9-10-20-46(38)47)51-55(62-56)53-48(32-33-60-53)58(51)44-28-24-37(25-29-44)41-23-22-36-12-7-8-14-40(36)34-41/h1-35H. The van der Waals surface area contributed by atoms with E-state index in [-0.39, 0.29) is 0 Å². The van der Waals surface area contributed by atoms with Crippen LogP contribution in [0.4, 0.5) is 16.4 Å². The van der Waals surface area contributed by atoms with Gasteiger partial charge in [-0.25, -0.2) is 0 Å². The molecule has 0 radical (unpaired) electrons. The molecule has 3 nitrogen and oxygen atoms in total.